The van der Waals surface area contributed by atoms with Crippen molar-refractivity contribution in [2.24, 2.45) is 0 Å². The van der Waals surface area contributed by atoms with Crippen LogP contribution in [0.1, 0.15) is 11.1 Å². The fourth-order valence-electron chi connectivity index (χ4n) is 1.69. The summed E-state index contributed by atoms with van der Waals surface area (Å²) in [6.07, 6.45) is 0. The van der Waals surface area contributed by atoms with Crippen molar-refractivity contribution in [1.82, 2.24) is 0 Å². The van der Waals surface area contributed by atoms with Crippen molar-refractivity contribution >= 4 is 0 Å². The van der Waals surface area contributed by atoms with Crippen LogP contribution >= 0.6 is 0 Å². The lowest BCUT2D eigenvalue weighted by molar-refractivity contribution is 0.295. The summed E-state index contributed by atoms with van der Waals surface area (Å²) < 4.78 is 24.2. The molecule has 0 fully saturated rings. The molecule has 0 aromatic heterocycles. The van der Waals surface area contributed by atoms with Crippen LogP contribution in [0.4, 0.5) is 4.39 Å². The summed E-state index contributed by atoms with van der Waals surface area (Å²) in [4.78, 5) is 0. The van der Waals surface area contributed by atoms with Crippen molar-refractivity contribution in [2.75, 3.05) is 7.11 Å². The van der Waals surface area contributed by atoms with Crippen LogP contribution in [0.5, 0.6) is 17.2 Å². The molecule has 2 aromatic rings. The summed E-state index contributed by atoms with van der Waals surface area (Å²) in [5, 5.41) is 9.55. The predicted octanol–water partition coefficient (Wildman–Crippen LogP) is 3.43. The van der Waals surface area contributed by atoms with E-state index in [4.69, 9.17) is 9.47 Å². The molecule has 0 saturated heterocycles. The minimum absolute atomic E-state index is 0.0973. The average Bonchev–Trinajstić information content (AvgIpc) is 2.41. The van der Waals surface area contributed by atoms with Crippen LogP contribution in [0.2, 0.25) is 0 Å². The summed E-state index contributed by atoms with van der Waals surface area (Å²) in [5.74, 6) is 0.787. The van der Waals surface area contributed by atoms with Crippen molar-refractivity contribution in [2.45, 2.75) is 13.5 Å². The van der Waals surface area contributed by atoms with Gasteiger partial charge in [0.15, 0.2) is 0 Å². The lowest BCUT2D eigenvalue weighted by Gasteiger charge is -2.11. The largest absolute Gasteiger partial charge is 0.508 e. The topological polar surface area (TPSA) is 38.7 Å². The van der Waals surface area contributed by atoms with Crippen LogP contribution in [0.15, 0.2) is 36.4 Å². The molecule has 4 heteroatoms. The van der Waals surface area contributed by atoms with Crippen LogP contribution in [-0.2, 0) is 6.61 Å². The summed E-state index contributed by atoms with van der Waals surface area (Å²) >= 11 is 0. The summed E-state index contributed by atoms with van der Waals surface area (Å²) in [7, 11) is 1.49. The Labute approximate surface area is 111 Å². The second-order valence-corrected chi connectivity index (χ2v) is 4.15. The summed E-state index contributed by atoms with van der Waals surface area (Å²) in [6.45, 7) is 1.84. The van der Waals surface area contributed by atoms with Crippen molar-refractivity contribution in [3.8, 4) is 17.2 Å². The predicted molar refractivity (Wildman–Crippen MR) is 70.1 cm³/mol. The first-order chi connectivity index (χ1) is 9.11. The molecular weight excluding hydrogens is 247 g/mol. The zero-order chi connectivity index (χ0) is 13.8. The molecule has 0 heterocycles. The molecule has 0 aliphatic rings. The second kappa shape index (κ2) is 5.61. The smallest absolute Gasteiger partial charge is 0.133 e. The Bertz CT molecular complexity index is 582. The van der Waals surface area contributed by atoms with E-state index in [2.05, 4.69) is 0 Å². The molecule has 0 saturated carbocycles. The maximum absolute atomic E-state index is 13.7. The van der Waals surface area contributed by atoms with Gasteiger partial charge in [-0.3, -0.25) is 0 Å². The Morgan fingerprint density at radius 3 is 2.68 bits per heavy atom. The summed E-state index contributed by atoms with van der Waals surface area (Å²) in [6, 6.07) is 9.60. The zero-order valence-electron chi connectivity index (χ0n) is 10.8. The monoisotopic (exact) mass is 262 g/mol. The van der Waals surface area contributed by atoms with Gasteiger partial charge in [-0.2, -0.15) is 0 Å². The van der Waals surface area contributed by atoms with Crippen molar-refractivity contribution in [1.29, 1.82) is 0 Å². The maximum atomic E-state index is 13.7. The van der Waals surface area contributed by atoms with Crippen molar-refractivity contribution in [3.63, 3.8) is 0 Å². The van der Waals surface area contributed by atoms with E-state index in [0.717, 1.165) is 0 Å². The Hall–Kier alpha value is -2.23. The molecule has 0 aliphatic heterocycles. The molecule has 0 bridgehead atoms. The molecule has 2 aromatic carbocycles. The van der Waals surface area contributed by atoms with Crippen molar-refractivity contribution < 1.29 is 19.0 Å². The van der Waals surface area contributed by atoms with E-state index >= 15 is 0 Å². The van der Waals surface area contributed by atoms with Crippen LogP contribution in [0.25, 0.3) is 0 Å². The van der Waals surface area contributed by atoms with Crippen LogP contribution in [0.3, 0.4) is 0 Å². The zero-order valence-corrected chi connectivity index (χ0v) is 10.8. The van der Waals surface area contributed by atoms with E-state index in [1.54, 1.807) is 37.3 Å². The van der Waals surface area contributed by atoms with Gasteiger partial charge in [0.1, 0.15) is 29.7 Å². The number of halogens is 1. The molecule has 0 aliphatic carbocycles. The second-order valence-electron chi connectivity index (χ2n) is 4.15. The highest BCUT2D eigenvalue weighted by Crippen LogP contribution is 2.27. The fraction of sp³-hybridized carbons (Fsp3) is 0.200. The van der Waals surface area contributed by atoms with Crippen LogP contribution in [0, 0.1) is 12.7 Å². The first kappa shape index (κ1) is 13.2. The molecular formula is C15H15FO3. The number of aromatic hydroxyl groups is 1. The standard InChI is InChI=1S/C15H15FO3/c1-10-14(17)4-3-5-15(10)19-9-11-6-7-12(18-2)8-13(11)16/h3-8,17H,9H2,1-2H3. The maximum Gasteiger partial charge on any atom is 0.133 e. The lowest BCUT2D eigenvalue weighted by Crippen LogP contribution is -2.00. The van der Waals surface area contributed by atoms with Gasteiger partial charge in [-0.05, 0) is 31.2 Å². The van der Waals surface area contributed by atoms with Gasteiger partial charge < -0.3 is 14.6 Å². The number of ether oxygens (including phenoxy) is 2. The SMILES string of the molecule is COc1ccc(COc2cccc(O)c2C)c(F)c1. The van der Waals surface area contributed by atoms with E-state index in [1.807, 2.05) is 0 Å². The Morgan fingerprint density at radius 2 is 2.00 bits per heavy atom. The lowest BCUT2D eigenvalue weighted by atomic mass is 10.2. The van der Waals surface area contributed by atoms with Gasteiger partial charge >= 0.3 is 0 Å². The molecule has 0 unspecified atom stereocenters. The first-order valence-electron chi connectivity index (χ1n) is 5.85. The molecule has 1 N–H and O–H groups in total. The van der Waals surface area contributed by atoms with Crippen LogP contribution in [-0.4, -0.2) is 12.2 Å². The highest BCUT2D eigenvalue weighted by Gasteiger charge is 2.07. The average molecular weight is 262 g/mol. The number of phenols is 1. The molecule has 2 rings (SSSR count). The van der Waals surface area contributed by atoms with Gasteiger partial charge in [-0.25, -0.2) is 4.39 Å². The molecule has 100 valence electrons. The van der Waals surface area contributed by atoms with E-state index in [-0.39, 0.29) is 18.2 Å². The quantitative estimate of drug-likeness (QED) is 0.917. The highest BCUT2D eigenvalue weighted by molar-refractivity contribution is 5.42. The third-order valence-electron chi connectivity index (χ3n) is 2.90. The number of rotatable bonds is 4. The van der Waals surface area contributed by atoms with Crippen molar-refractivity contribution in [3.05, 3.63) is 53.3 Å². The third-order valence-corrected chi connectivity index (χ3v) is 2.90. The number of hydrogen-bond acceptors (Lipinski definition) is 3. The fourth-order valence-corrected chi connectivity index (χ4v) is 1.69. The Kier molecular flexibility index (Phi) is 3.90. The summed E-state index contributed by atoms with van der Waals surface area (Å²) in [5.41, 5.74) is 1.07. The normalized spacial score (nSPS) is 10.3. The molecule has 0 spiro atoms. The first-order valence-corrected chi connectivity index (χ1v) is 5.85. The molecule has 0 amide bonds. The van der Waals surface area contributed by atoms with E-state index in [0.29, 0.717) is 22.6 Å². The van der Waals surface area contributed by atoms with Gasteiger partial charge in [0, 0.05) is 17.2 Å². The van der Waals surface area contributed by atoms with Crippen LogP contribution < -0.4 is 9.47 Å². The molecule has 3 nitrogen and oxygen atoms in total. The number of benzene rings is 2. The molecule has 0 radical (unpaired) electrons. The number of methoxy groups -OCH3 is 1. The minimum atomic E-state index is -0.378. The van der Waals surface area contributed by atoms with Gasteiger partial charge in [0.25, 0.3) is 0 Å². The highest BCUT2D eigenvalue weighted by atomic mass is 19.1. The van der Waals surface area contributed by atoms with Gasteiger partial charge in [-0.1, -0.05) is 6.07 Å². The van der Waals surface area contributed by atoms with Gasteiger partial charge in [0.05, 0.1) is 7.11 Å². The van der Waals surface area contributed by atoms with E-state index in [1.165, 1.54) is 13.2 Å². The van der Waals surface area contributed by atoms with E-state index in [9.17, 15) is 9.50 Å². The number of hydrogen-bond donors (Lipinski definition) is 1. The third kappa shape index (κ3) is 2.96. The molecule has 19 heavy (non-hydrogen) atoms. The van der Waals surface area contributed by atoms with Gasteiger partial charge in [0.2, 0.25) is 0 Å². The number of phenolic OH excluding ortho intramolecular Hbond substituents is 1. The minimum Gasteiger partial charge on any atom is -0.508 e. The van der Waals surface area contributed by atoms with Gasteiger partial charge in [-0.15, -0.1) is 0 Å². The Balaban J connectivity index is 2.12. The molecule has 0 atom stereocenters. The van der Waals surface area contributed by atoms with E-state index < -0.39 is 0 Å². The Morgan fingerprint density at radius 1 is 1.21 bits per heavy atom.